The Kier molecular flexibility index (Phi) is 3.80. The first kappa shape index (κ1) is 12.0. The molecule has 0 radical (unpaired) electrons. The summed E-state index contributed by atoms with van der Waals surface area (Å²) in [6.07, 6.45) is 4.81. The number of carbonyl (C=O) groups is 1. The normalized spacial score (nSPS) is 10.7. The number of hydrazone groups is 1. The van der Waals surface area contributed by atoms with Crippen LogP contribution < -0.4 is 5.43 Å². The summed E-state index contributed by atoms with van der Waals surface area (Å²) in [7, 11) is 0. The van der Waals surface area contributed by atoms with Crippen LogP contribution in [0.5, 0.6) is 0 Å². The molecule has 1 N–H and O–H groups in total. The summed E-state index contributed by atoms with van der Waals surface area (Å²) in [5.41, 5.74) is 4.04. The molecule has 0 bridgehead atoms. The van der Waals surface area contributed by atoms with E-state index in [1.54, 1.807) is 23.1 Å². The third-order valence-electron chi connectivity index (χ3n) is 2.30. The van der Waals surface area contributed by atoms with Gasteiger partial charge in [-0.15, -0.1) is 0 Å². The van der Waals surface area contributed by atoms with Crippen LogP contribution in [0, 0.1) is 6.92 Å². The van der Waals surface area contributed by atoms with Crippen molar-refractivity contribution < 1.29 is 4.79 Å². The maximum Gasteiger partial charge on any atom is 0.261 e. The second-order valence-corrected chi connectivity index (χ2v) is 3.68. The Morgan fingerprint density at radius 1 is 1.44 bits per heavy atom. The summed E-state index contributed by atoms with van der Waals surface area (Å²) in [6, 6.07) is 7.30. The molecule has 0 saturated heterocycles. The Morgan fingerprint density at radius 3 is 3.00 bits per heavy atom. The first-order valence-electron chi connectivity index (χ1n) is 5.47. The third-order valence-corrected chi connectivity index (χ3v) is 2.30. The maximum absolute atomic E-state index is 11.5. The largest absolute Gasteiger partial charge is 0.271 e. The van der Waals surface area contributed by atoms with Crippen LogP contribution in [0.4, 0.5) is 0 Å². The van der Waals surface area contributed by atoms with Crippen LogP contribution in [-0.2, 0) is 11.3 Å². The summed E-state index contributed by atoms with van der Waals surface area (Å²) >= 11 is 0. The number of rotatable bonds is 4. The molecule has 2 heterocycles. The molecule has 6 nitrogen and oxygen atoms in total. The van der Waals surface area contributed by atoms with Crippen LogP contribution in [0.1, 0.15) is 11.4 Å². The van der Waals surface area contributed by atoms with Crippen molar-refractivity contribution in [1.82, 2.24) is 20.2 Å². The highest BCUT2D eigenvalue weighted by molar-refractivity contribution is 5.80. The predicted octanol–water partition coefficient (Wildman–Crippen LogP) is 0.737. The van der Waals surface area contributed by atoms with E-state index in [0.717, 1.165) is 5.69 Å². The van der Waals surface area contributed by atoms with Crippen molar-refractivity contribution in [3.63, 3.8) is 0 Å². The fourth-order valence-electron chi connectivity index (χ4n) is 1.36. The topological polar surface area (TPSA) is 72.2 Å². The Bertz CT molecular complexity index is 547. The number of aryl methyl sites for hydroxylation is 1. The minimum Gasteiger partial charge on any atom is -0.271 e. The molecule has 0 aliphatic heterocycles. The summed E-state index contributed by atoms with van der Waals surface area (Å²) in [4.78, 5) is 15.6. The molecule has 2 rings (SSSR count). The predicted molar refractivity (Wildman–Crippen MR) is 66.9 cm³/mol. The zero-order valence-corrected chi connectivity index (χ0v) is 9.95. The molecule has 0 unspecified atom stereocenters. The summed E-state index contributed by atoms with van der Waals surface area (Å²) in [5, 5.41) is 7.84. The van der Waals surface area contributed by atoms with Crippen LogP contribution in [0.3, 0.4) is 0 Å². The highest BCUT2D eigenvalue weighted by Gasteiger charge is 2.03. The number of amides is 1. The Hall–Kier alpha value is -2.50. The first-order valence-corrected chi connectivity index (χ1v) is 5.47. The van der Waals surface area contributed by atoms with Crippen LogP contribution in [0.25, 0.3) is 0 Å². The van der Waals surface area contributed by atoms with Crippen molar-refractivity contribution in [1.29, 1.82) is 0 Å². The van der Waals surface area contributed by atoms with Crippen molar-refractivity contribution >= 4 is 12.1 Å². The van der Waals surface area contributed by atoms with E-state index in [-0.39, 0.29) is 12.5 Å². The van der Waals surface area contributed by atoms with E-state index in [9.17, 15) is 4.79 Å². The number of hydrogen-bond donors (Lipinski definition) is 1. The molecule has 0 aliphatic rings. The molecule has 0 atom stereocenters. The van der Waals surface area contributed by atoms with Crippen LogP contribution in [0.2, 0.25) is 0 Å². The van der Waals surface area contributed by atoms with Gasteiger partial charge in [-0.05, 0) is 25.1 Å². The van der Waals surface area contributed by atoms with Crippen molar-refractivity contribution in [2.75, 3.05) is 0 Å². The highest BCUT2D eigenvalue weighted by atomic mass is 16.2. The van der Waals surface area contributed by atoms with E-state index < -0.39 is 0 Å². The summed E-state index contributed by atoms with van der Waals surface area (Å²) in [5.74, 6) is -0.228. The molecule has 18 heavy (non-hydrogen) atoms. The minimum atomic E-state index is -0.228. The summed E-state index contributed by atoms with van der Waals surface area (Å²) < 4.78 is 1.60. The Balaban J connectivity index is 1.86. The van der Waals surface area contributed by atoms with Gasteiger partial charge in [0.2, 0.25) is 0 Å². The number of hydrogen-bond acceptors (Lipinski definition) is 4. The molecule has 0 saturated carbocycles. The van der Waals surface area contributed by atoms with Gasteiger partial charge in [-0.25, -0.2) is 5.43 Å². The minimum absolute atomic E-state index is 0.151. The van der Waals surface area contributed by atoms with Gasteiger partial charge < -0.3 is 0 Å². The maximum atomic E-state index is 11.5. The molecule has 0 aliphatic carbocycles. The van der Waals surface area contributed by atoms with Gasteiger partial charge in [-0.3, -0.25) is 14.5 Å². The van der Waals surface area contributed by atoms with Crippen molar-refractivity contribution in [3.8, 4) is 0 Å². The Labute approximate surface area is 104 Å². The lowest BCUT2D eigenvalue weighted by Crippen LogP contribution is -2.24. The van der Waals surface area contributed by atoms with Gasteiger partial charge in [-0.2, -0.15) is 10.2 Å². The van der Waals surface area contributed by atoms with Gasteiger partial charge in [0.05, 0.1) is 11.9 Å². The van der Waals surface area contributed by atoms with Crippen LogP contribution in [-0.4, -0.2) is 26.9 Å². The van der Waals surface area contributed by atoms with Gasteiger partial charge in [0.1, 0.15) is 6.54 Å². The molecular formula is C12H13N5O. The molecule has 6 heteroatoms. The number of nitrogens with zero attached hydrogens (tertiary/aromatic N) is 4. The zero-order valence-electron chi connectivity index (χ0n) is 9.95. The average Bonchev–Trinajstić information content (AvgIpc) is 2.76. The number of aromatic nitrogens is 3. The number of nitrogens with one attached hydrogen (secondary N) is 1. The third kappa shape index (κ3) is 3.24. The standard InChI is InChI=1S/C12H13N5O/c1-10-5-7-15-17(10)9-12(18)16-14-8-11-4-2-3-6-13-11/h2-8H,9H2,1H3,(H,16,18)/b14-8-. The van der Waals surface area contributed by atoms with Gasteiger partial charge >= 0.3 is 0 Å². The van der Waals surface area contributed by atoms with Gasteiger partial charge in [-0.1, -0.05) is 6.07 Å². The van der Waals surface area contributed by atoms with E-state index in [2.05, 4.69) is 20.6 Å². The van der Waals surface area contributed by atoms with Gasteiger partial charge in [0.25, 0.3) is 5.91 Å². The molecule has 2 aromatic heterocycles. The van der Waals surface area contributed by atoms with Crippen LogP contribution in [0.15, 0.2) is 41.8 Å². The lowest BCUT2D eigenvalue weighted by Gasteiger charge is -2.02. The van der Waals surface area contributed by atoms with Crippen LogP contribution >= 0.6 is 0 Å². The quantitative estimate of drug-likeness (QED) is 0.635. The summed E-state index contributed by atoms with van der Waals surface area (Å²) in [6.45, 7) is 2.04. The molecule has 0 spiro atoms. The second kappa shape index (κ2) is 5.72. The van der Waals surface area contributed by atoms with E-state index >= 15 is 0 Å². The molecular weight excluding hydrogens is 230 g/mol. The highest BCUT2D eigenvalue weighted by Crippen LogP contribution is 1.94. The van der Waals surface area contributed by atoms with Gasteiger partial charge in [0, 0.05) is 18.1 Å². The second-order valence-electron chi connectivity index (χ2n) is 3.68. The van der Waals surface area contributed by atoms with Crippen molar-refractivity contribution in [3.05, 3.63) is 48.0 Å². The lowest BCUT2D eigenvalue weighted by molar-refractivity contribution is -0.121. The monoisotopic (exact) mass is 243 g/mol. The fourth-order valence-corrected chi connectivity index (χ4v) is 1.36. The van der Waals surface area contributed by atoms with Crippen molar-refractivity contribution in [2.45, 2.75) is 13.5 Å². The van der Waals surface area contributed by atoms with E-state index in [1.165, 1.54) is 6.21 Å². The zero-order chi connectivity index (χ0) is 12.8. The SMILES string of the molecule is Cc1ccnn1CC(=O)N/N=C\c1ccccn1. The smallest absolute Gasteiger partial charge is 0.261 e. The van der Waals surface area contributed by atoms with Gasteiger partial charge in [0.15, 0.2) is 0 Å². The van der Waals surface area contributed by atoms with E-state index in [4.69, 9.17) is 0 Å². The van der Waals surface area contributed by atoms with Crippen molar-refractivity contribution in [2.24, 2.45) is 5.10 Å². The molecule has 0 aromatic carbocycles. The molecule has 0 fully saturated rings. The average molecular weight is 243 g/mol. The number of carbonyl (C=O) groups excluding carboxylic acids is 1. The van der Waals surface area contributed by atoms with E-state index in [1.807, 2.05) is 25.1 Å². The lowest BCUT2D eigenvalue weighted by atomic mass is 10.4. The fraction of sp³-hybridized carbons (Fsp3) is 0.167. The van der Waals surface area contributed by atoms with E-state index in [0.29, 0.717) is 5.69 Å². The molecule has 2 aromatic rings. The first-order chi connectivity index (χ1) is 8.75. The number of pyridine rings is 1. The molecule has 92 valence electrons. The molecule has 1 amide bonds. The Morgan fingerprint density at radius 2 is 2.33 bits per heavy atom.